The molecule has 16 heavy (non-hydrogen) atoms. The van der Waals surface area contributed by atoms with Crippen LogP contribution < -0.4 is 4.74 Å². The molecule has 1 unspecified atom stereocenters. The number of aromatic nitrogens is 1. The van der Waals surface area contributed by atoms with Crippen molar-refractivity contribution in [3.05, 3.63) is 54.2 Å². The van der Waals surface area contributed by atoms with Crippen LogP contribution in [0.3, 0.4) is 0 Å². The predicted molar refractivity (Wildman–Crippen MR) is 68.2 cm³/mol. The van der Waals surface area contributed by atoms with Crippen LogP contribution in [-0.2, 0) is 0 Å². The van der Waals surface area contributed by atoms with E-state index in [-0.39, 0.29) is 5.25 Å². The minimum absolute atomic E-state index is 0.110. The van der Waals surface area contributed by atoms with E-state index in [2.05, 4.69) is 17.6 Å². The van der Waals surface area contributed by atoms with E-state index in [0.29, 0.717) is 5.88 Å². The molecule has 82 valence electrons. The van der Waals surface area contributed by atoms with Crippen LogP contribution in [0.25, 0.3) is 0 Å². The van der Waals surface area contributed by atoms with Gasteiger partial charge in [-0.3, -0.25) is 0 Å². The molecule has 0 bridgehead atoms. The Morgan fingerprint density at radius 3 is 2.50 bits per heavy atom. The molecule has 1 aromatic carbocycles. The van der Waals surface area contributed by atoms with Gasteiger partial charge in [-0.1, -0.05) is 24.3 Å². The minimum Gasteiger partial charge on any atom is -0.439 e. The van der Waals surface area contributed by atoms with Crippen molar-refractivity contribution < 1.29 is 4.74 Å². The minimum atomic E-state index is 0.110. The number of hydrogen-bond donors (Lipinski definition) is 1. The molecule has 1 heterocycles. The van der Waals surface area contributed by atoms with Crippen molar-refractivity contribution in [1.29, 1.82) is 0 Å². The van der Waals surface area contributed by atoms with Gasteiger partial charge < -0.3 is 4.74 Å². The summed E-state index contributed by atoms with van der Waals surface area (Å²) in [5.41, 5.74) is 0.914. The SMILES string of the molecule is CC(S)c1cccc(Oc2ccccc2)n1. The van der Waals surface area contributed by atoms with E-state index in [1.54, 1.807) is 0 Å². The van der Waals surface area contributed by atoms with Gasteiger partial charge in [0.05, 0.1) is 5.69 Å². The molecule has 0 spiro atoms. The zero-order valence-corrected chi connectivity index (χ0v) is 9.89. The quantitative estimate of drug-likeness (QED) is 0.810. The maximum atomic E-state index is 5.62. The van der Waals surface area contributed by atoms with Crippen molar-refractivity contribution in [2.24, 2.45) is 0 Å². The molecule has 1 atom stereocenters. The van der Waals surface area contributed by atoms with Crippen LogP contribution in [0.4, 0.5) is 0 Å². The van der Waals surface area contributed by atoms with Crippen LogP contribution in [0.2, 0.25) is 0 Å². The van der Waals surface area contributed by atoms with E-state index in [1.165, 1.54) is 0 Å². The molecular formula is C13H13NOS. The highest BCUT2D eigenvalue weighted by Crippen LogP contribution is 2.22. The van der Waals surface area contributed by atoms with E-state index >= 15 is 0 Å². The summed E-state index contributed by atoms with van der Waals surface area (Å²) in [6.07, 6.45) is 0. The van der Waals surface area contributed by atoms with Gasteiger partial charge in [0.25, 0.3) is 0 Å². The molecule has 0 saturated heterocycles. The van der Waals surface area contributed by atoms with Gasteiger partial charge in [-0.05, 0) is 25.1 Å². The molecular weight excluding hydrogens is 218 g/mol. The summed E-state index contributed by atoms with van der Waals surface area (Å²) in [4.78, 5) is 4.37. The van der Waals surface area contributed by atoms with E-state index in [1.807, 2.05) is 55.5 Å². The lowest BCUT2D eigenvalue weighted by Gasteiger charge is -2.07. The molecule has 3 heteroatoms. The highest BCUT2D eigenvalue weighted by Gasteiger charge is 2.03. The number of ether oxygens (including phenoxy) is 1. The van der Waals surface area contributed by atoms with Gasteiger partial charge in [-0.15, -0.1) is 0 Å². The summed E-state index contributed by atoms with van der Waals surface area (Å²) in [6.45, 7) is 1.98. The molecule has 2 rings (SSSR count). The first-order valence-corrected chi connectivity index (χ1v) is 5.65. The van der Waals surface area contributed by atoms with Gasteiger partial charge in [-0.2, -0.15) is 12.6 Å². The molecule has 2 aromatic rings. The van der Waals surface area contributed by atoms with Gasteiger partial charge in [0.15, 0.2) is 0 Å². The number of thiol groups is 1. The van der Waals surface area contributed by atoms with E-state index in [4.69, 9.17) is 4.74 Å². The van der Waals surface area contributed by atoms with Crippen LogP contribution >= 0.6 is 12.6 Å². The summed E-state index contributed by atoms with van der Waals surface area (Å²) < 4.78 is 5.62. The van der Waals surface area contributed by atoms with Crippen molar-refractivity contribution in [2.75, 3.05) is 0 Å². The summed E-state index contributed by atoms with van der Waals surface area (Å²) >= 11 is 4.34. The fraction of sp³-hybridized carbons (Fsp3) is 0.154. The van der Waals surface area contributed by atoms with Crippen LogP contribution in [0.5, 0.6) is 11.6 Å². The molecule has 0 aliphatic rings. The first kappa shape index (κ1) is 11.0. The third-order valence-electron chi connectivity index (χ3n) is 2.14. The smallest absolute Gasteiger partial charge is 0.219 e. The van der Waals surface area contributed by atoms with Crippen molar-refractivity contribution in [3.8, 4) is 11.6 Å². The van der Waals surface area contributed by atoms with Gasteiger partial charge in [0, 0.05) is 11.3 Å². The molecule has 1 aromatic heterocycles. The maximum Gasteiger partial charge on any atom is 0.219 e. The van der Waals surface area contributed by atoms with E-state index in [9.17, 15) is 0 Å². The standard InChI is InChI=1S/C13H13NOS/c1-10(16)12-8-5-9-13(14-12)15-11-6-3-2-4-7-11/h2-10,16H,1H3. The Morgan fingerprint density at radius 1 is 1.06 bits per heavy atom. The van der Waals surface area contributed by atoms with Crippen LogP contribution in [-0.4, -0.2) is 4.98 Å². The van der Waals surface area contributed by atoms with Crippen LogP contribution in [0, 0.1) is 0 Å². The van der Waals surface area contributed by atoms with Gasteiger partial charge in [-0.25, -0.2) is 4.98 Å². The van der Waals surface area contributed by atoms with Crippen molar-refractivity contribution in [3.63, 3.8) is 0 Å². The summed E-state index contributed by atoms with van der Waals surface area (Å²) in [7, 11) is 0. The molecule has 0 amide bonds. The Balaban J connectivity index is 2.19. The summed E-state index contributed by atoms with van der Waals surface area (Å²) in [5, 5.41) is 0.110. The van der Waals surface area contributed by atoms with Crippen molar-refractivity contribution in [2.45, 2.75) is 12.2 Å². The third kappa shape index (κ3) is 2.76. The Labute approximate surface area is 101 Å². The molecule has 0 N–H and O–H groups in total. The maximum absolute atomic E-state index is 5.62. The molecule has 0 aliphatic heterocycles. The highest BCUT2D eigenvalue weighted by molar-refractivity contribution is 7.80. The Morgan fingerprint density at radius 2 is 1.81 bits per heavy atom. The molecule has 2 nitrogen and oxygen atoms in total. The zero-order chi connectivity index (χ0) is 11.4. The fourth-order valence-corrected chi connectivity index (χ4v) is 1.47. The largest absolute Gasteiger partial charge is 0.439 e. The second-order valence-corrected chi connectivity index (χ2v) is 4.27. The van der Waals surface area contributed by atoms with E-state index in [0.717, 1.165) is 11.4 Å². The molecule has 0 saturated carbocycles. The third-order valence-corrected chi connectivity index (χ3v) is 2.40. The fourth-order valence-electron chi connectivity index (χ4n) is 1.33. The summed E-state index contributed by atoms with van der Waals surface area (Å²) in [5.74, 6) is 1.39. The summed E-state index contributed by atoms with van der Waals surface area (Å²) in [6, 6.07) is 15.3. The predicted octanol–water partition coefficient (Wildman–Crippen LogP) is 3.86. The number of rotatable bonds is 3. The average Bonchev–Trinajstić information content (AvgIpc) is 2.30. The molecule has 0 fully saturated rings. The second kappa shape index (κ2) is 5.03. The Kier molecular flexibility index (Phi) is 3.47. The Hall–Kier alpha value is -1.48. The van der Waals surface area contributed by atoms with Gasteiger partial charge in [0.1, 0.15) is 5.75 Å². The number of benzene rings is 1. The van der Waals surface area contributed by atoms with Crippen LogP contribution in [0.1, 0.15) is 17.9 Å². The van der Waals surface area contributed by atoms with Crippen molar-refractivity contribution >= 4 is 12.6 Å². The van der Waals surface area contributed by atoms with Gasteiger partial charge in [0.2, 0.25) is 5.88 Å². The highest BCUT2D eigenvalue weighted by atomic mass is 32.1. The first-order chi connectivity index (χ1) is 7.75. The topological polar surface area (TPSA) is 22.1 Å². The molecule has 0 radical (unpaired) electrons. The lowest BCUT2D eigenvalue weighted by Crippen LogP contribution is -1.93. The lowest BCUT2D eigenvalue weighted by molar-refractivity contribution is 0.461. The monoisotopic (exact) mass is 231 g/mol. The Bertz CT molecular complexity index is 456. The van der Waals surface area contributed by atoms with Crippen molar-refractivity contribution in [1.82, 2.24) is 4.98 Å². The van der Waals surface area contributed by atoms with E-state index < -0.39 is 0 Å². The zero-order valence-electron chi connectivity index (χ0n) is 9.00. The van der Waals surface area contributed by atoms with Crippen LogP contribution in [0.15, 0.2) is 48.5 Å². The normalized spacial score (nSPS) is 12.1. The number of nitrogens with zero attached hydrogens (tertiary/aromatic N) is 1. The average molecular weight is 231 g/mol. The number of para-hydroxylation sites is 1. The lowest BCUT2D eigenvalue weighted by atomic mass is 10.3. The molecule has 0 aliphatic carbocycles. The number of hydrogen-bond acceptors (Lipinski definition) is 3. The number of pyridine rings is 1. The second-order valence-electron chi connectivity index (χ2n) is 3.49. The van der Waals surface area contributed by atoms with Gasteiger partial charge >= 0.3 is 0 Å². The first-order valence-electron chi connectivity index (χ1n) is 5.13.